The lowest BCUT2D eigenvalue weighted by Crippen LogP contribution is -2.36. The molecule has 0 amide bonds. The van der Waals surface area contributed by atoms with E-state index in [1.165, 1.54) is 0 Å². The summed E-state index contributed by atoms with van der Waals surface area (Å²) in [5.74, 6) is 0.633. The summed E-state index contributed by atoms with van der Waals surface area (Å²) in [6.07, 6.45) is 5.66. The van der Waals surface area contributed by atoms with Gasteiger partial charge in [-0.2, -0.15) is 0 Å². The van der Waals surface area contributed by atoms with E-state index >= 15 is 0 Å². The van der Waals surface area contributed by atoms with Gasteiger partial charge >= 0.3 is 0 Å². The van der Waals surface area contributed by atoms with Gasteiger partial charge in [-0.25, -0.2) is 0 Å². The van der Waals surface area contributed by atoms with Crippen LogP contribution in [0.15, 0.2) is 47.4 Å². The molecule has 4 rings (SSSR count). The van der Waals surface area contributed by atoms with E-state index in [0.717, 1.165) is 43.2 Å². The zero-order valence-corrected chi connectivity index (χ0v) is 17.9. The van der Waals surface area contributed by atoms with Gasteiger partial charge in [0.2, 0.25) is 0 Å². The minimum absolute atomic E-state index is 0.115. The van der Waals surface area contributed by atoms with Gasteiger partial charge in [-0.3, -0.25) is 4.79 Å². The first-order valence-electron chi connectivity index (χ1n) is 9.64. The van der Waals surface area contributed by atoms with Crippen LogP contribution in [0, 0.1) is 0 Å². The highest BCUT2D eigenvalue weighted by Gasteiger charge is 2.23. The molecule has 4 nitrogen and oxygen atoms in total. The minimum Gasteiger partial charge on any atom is -0.489 e. The summed E-state index contributed by atoms with van der Waals surface area (Å²) in [6.45, 7) is 0.719. The summed E-state index contributed by atoms with van der Waals surface area (Å²) >= 11 is 18.6. The summed E-state index contributed by atoms with van der Waals surface area (Å²) in [5, 5.41) is 6.77. The van der Waals surface area contributed by atoms with Crippen LogP contribution in [-0.4, -0.2) is 17.1 Å². The predicted molar refractivity (Wildman–Crippen MR) is 120 cm³/mol. The van der Waals surface area contributed by atoms with Gasteiger partial charge in [0, 0.05) is 34.2 Å². The van der Waals surface area contributed by atoms with Gasteiger partial charge in [-0.15, -0.1) is 0 Å². The zero-order chi connectivity index (χ0) is 20.4. The first kappa shape index (κ1) is 20.5. The second-order valence-corrected chi connectivity index (χ2v) is 8.64. The molecule has 0 aliphatic heterocycles. The number of aromatic nitrogens is 1. The normalized spacial score (nSPS) is 19.4. The maximum Gasteiger partial charge on any atom is 0.255 e. The predicted octanol–water partition coefficient (Wildman–Crippen LogP) is 5.97. The Labute approximate surface area is 184 Å². The number of nitrogens with one attached hydrogen (secondary N) is 2. The highest BCUT2D eigenvalue weighted by molar-refractivity contribution is 6.35. The third-order valence-electron chi connectivity index (χ3n) is 5.39. The highest BCUT2D eigenvalue weighted by Crippen LogP contribution is 2.32. The molecule has 3 aromatic rings. The molecule has 2 N–H and O–H groups in total. The summed E-state index contributed by atoms with van der Waals surface area (Å²) in [6, 6.07) is 11.4. The summed E-state index contributed by atoms with van der Waals surface area (Å²) in [7, 11) is 0. The van der Waals surface area contributed by atoms with Gasteiger partial charge in [0.1, 0.15) is 5.75 Å². The molecule has 1 heterocycles. The van der Waals surface area contributed by atoms with Crippen LogP contribution in [0.3, 0.4) is 0 Å². The molecule has 29 heavy (non-hydrogen) atoms. The van der Waals surface area contributed by atoms with Crippen LogP contribution in [-0.2, 0) is 6.54 Å². The molecule has 1 saturated carbocycles. The van der Waals surface area contributed by atoms with Crippen molar-refractivity contribution in [2.24, 2.45) is 0 Å². The van der Waals surface area contributed by atoms with E-state index < -0.39 is 0 Å². The minimum atomic E-state index is -0.150. The number of H-pyrrole nitrogens is 1. The second kappa shape index (κ2) is 8.97. The fourth-order valence-corrected chi connectivity index (χ4v) is 4.45. The van der Waals surface area contributed by atoms with E-state index in [2.05, 4.69) is 10.3 Å². The van der Waals surface area contributed by atoms with Gasteiger partial charge < -0.3 is 15.0 Å². The molecule has 2 aromatic carbocycles. The van der Waals surface area contributed by atoms with E-state index in [9.17, 15) is 4.79 Å². The fraction of sp³-hybridized carbons (Fsp3) is 0.318. The van der Waals surface area contributed by atoms with Crippen molar-refractivity contribution < 1.29 is 4.74 Å². The van der Waals surface area contributed by atoms with E-state index in [-0.39, 0.29) is 11.7 Å². The number of aromatic amines is 1. The van der Waals surface area contributed by atoms with Crippen molar-refractivity contribution in [2.75, 3.05) is 0 Å². The molecule has 1 aromatic heterocycles. The van der Waals surface area contributed by atoms with Crippen molar-refractivity contribution in [1.82, 2.24) is 10.3 Å². The average molecular weight is 452 g/mol. The molecule has 0 unspecified atom stereocenters. The Morgan fingerprint density at radius 1 is 1.00 bits per heavy atom. The summed E-state index contributed by atoms with van der Waals surface area (Å²) in [4.78, 5) is 14.6. The molecule has 0 atom stereocenters. The zero-order valence-electron chi connectivity index (χ0n) is 15.7. The lowest BCUT2D eigenvalue weighted by Gasteiger charge is -2.30. The lowest BCUT2D eigenvalue weighted by atomic mass is 9.92. The average Bonchev–Trinajstić information content (AvgIpc) is 2.70. The molecule has 0 bridgehead atoms. The van der Waals surface area contributed by atoms with Crippen molar-refractivity contribution in [1.29, 1.82) is 0 Å². The SMILES string of the molecule is O=c1[nH]ccc2cc(OC3CCC(NCc4ccc(Cl)cc4Cl)CC3)c(Cl)cc12. The molecule has 1 aliphatic carbocycles. The Bertz CT molecular complexity index is 1080. The quantitative estimate of drug-likeness (QED) is 0.502. The second-order valence-electron chi connectivity index (χ2n) is 7.38. The van der Waals surface area contributed by atoms with Crippen LogP contribution >= 0.6 is 34.8 Å². The maximum atomic E-state index is 11.9. The van der Waals surface area contributed by atoms with Crippen LogP contribution in [0.25, 0.3) is 10.8 Å². The lowest BCUT2D eigenvalue weighted by molar-refractivity contribution is 0.139. The van der Waals surface area contributed by atoms with Crippen molar-refractivity contribution in [2.45, 2.75) is 44.4 Å². The Balaban J connectivity index is 1.33. The largest absolute Gasteiger partial charge is 0.489 e. The summed E-state index contributed by atoms with van der Waals surface area (Å²) < 4.78 is 6.17. The Kier molecular flexibility index (Phi) is 6.35. The monoisotopic (exact) mass is 450 g/mol. The number of rotatable bonds is 5. The molecular weight excluding hydrogens is 431 g/mol. The molecule has 0 spiro atoms. The van der Waals surface area contributed by atoms with E-state index in [0.29, 0.717) is 32.2 Å². The third-order valence-corrected chi connectivity index (χ3v) is 6.27. The van der Waals surface area contributed by atoms with E-state index in [4.69, 9.17) is 39.5 Å². The fourth-order valence-electron chi connectivity index (χ4n) is 3.76. The van der Waals surface area contributed by atoms with Crippen LogP contribution < -0.4 is 15.6 Å². The van der Waals surface area contributed by atoms with Crippen molar-refractivity contribution in [3.05, 3.63) is 73.6 Å². The molecule has 7 heteroatoms. The number of halogens is 3. The Morgan fingerprint density at radius 3 is 2.55 bits per heavy atom. The van der Waals surface area contributed by atoms with Crippen LogP contribution in [0.2, 0.25) is 15.1 Å². The van der Waals surface area contributed by atoms with Crippen molar-refractivity contribution in [3.63, 3.8) is 0 Å². The van der Waals surface area contributed by atoms with Crippen molar-refractivity contribution in [3.8, 4) is 5.75 Å². The first-order chi connectivity index (χ1) is 14.0. The van der Waals surface area contributed by atoms with Crippen LogP contribution in [0.5, 0.6) is 5.75 Å². The van der Waals surface area contributed by atoms with Crippen LogP contribution in [0.1, 0.15) is 31.2 Å². The standard InChI is InChI=1S/C22H21Cl3N2O2/c23-15-2-1-14(19(24)10-15)12-27-16-3-5-17(6-4-16)29-21-9-13-7-8-26-22(28)18(13)11-20(21)25/h1-2,7-11,16-17,27H,3-6,12H2,(H,26,28). The summed E-state index contributed by atoms with van der Waals surface area (Å²) in [5.41, 5.74) is 0.899. The van der Waals surface area contributed by atoms with Gasteiger partial charge in [0.15, 0.2) is 0 Å². The van der Waals surface area contributed by atoms with E-state index in [1.807, 2.05) is 24.3 Å². The number of ether oxygens (including phenoxy) is 1. The molecule has 1 fully saturated rings. The maximum absolute atomic E-state index is 11.9. The highest BCUT2D eigenvalue weighted by atomic mass is 35.5. The van der Waals surface area contributed by atoms with Gasteiger partial charge in [-0.05, 0) is 67.0 Å². The molecule has 1 aliphatic rings. The Hall–Kier alpha value is -1.72. The van der Waals surface area contributed by atoms with Crippen LogP contribution in [0.4, 0.5) is 0 Å². The third kappa shape index (κ3) is 4.89. The van der Waals surface area contributed by atoms with Gasteiger partial charge in [-0.1, -0.05) is 40.9 Å². The molecule has 152 valence electrons. The van der Waals surface area contributed by atoms with Crippen molar-refractivity contribution >= 4 is 45.6 Å². The number of hydrogen-bond donors (Lipinski definition) is 2. The number of hydrogen-bond acceptors (Lipinski definition) is 3. The van der Waals surface area contributed by atoms with E-state index in [1.54, 1.807) is 18.3 Å². The number of benzene rings is 2. The first-order valence-corrected chi connectivity index (χ1v) is 10.8. The molecule has 0 saturated heterocycles. The smallest absolute Gasteiger partial charge is 0.255 e. The number of pyridine rings is 1. The Morgan fingerprint density at radius 2 is 1.79 bits per heavy atom. The van der Waals surface area contributed by atoms with Gasteiger partial charge in [0.05, 0.1) is 11.1 Å². The molecule has 0 radical (unpaired) electrons. The number of fused-ring (bicyclic) bond motifs is 1. The molecular formula is C22H21Cl3N2O2. The topological polar surface area (TPSA) is 54.1 Å². The van der Waals surface area contributed by atoms with Gasteiger partial charge in [0.25, 0.3) is 5.56 Å².